The first-order chi connectivity index (χ1) is 16.7. The van der Waals surface area contributed by atoms with Gasteiger partial charge in [0, 0.05) is 35.0 Å². The average Bonchev–Trinajstić information content (AvgIpc) is 3.24. The molecule has 0 aliphatic heterocycles. The van der Waals surface area contributed by atoms with Crippen molar-refractivity contribution < 1.29 is 17.9 Å². The van der Waals surface area contributed by atoms with Crippen molar-refractivity contribution in [2.75, 3.05) is 13.7 Å². The molecule has 0 spiro atoms. The fourth-order valence-corrected chi connectivity index (χ4v) is 5.59. The average molecular weight is 504 g/mol. The van der Waals surface area contributed by atoms with Crippen LogP contribution in [0, 0.1) is 5.92 Å². The van der Waals surface area contributed by atoms with Crippen LogP contribution in [-0.2, 0) is 10.9 Å². The highest BCUT2D eigenvalue weighted by Gasteiger charge is 2.33. The predicted octanol–water partition coefficient (Wildman–Crippen LogP) is 6.78. The summed E-state index contributed by atoms with van der Waals surface area (Å²) in [5.41, 5.74) is 1.83. The highest BCUT2D eigenvalue weighted by atomic mass is 35.5. The van der Waals surface area contributed by atoms with Crippen molar-refractivity contribution in [1.82, 2.24) is 15.0 Å². The molecule has 0 saturated heterocycles. The maximum absolute atomic E-state index is 13.3. The zero-order chi connectivity index (χ0) is 24.7. The summed E-state index contributed by atoms with van der Waals surface area (Å²) >= 11 is 6.12. The Labute approximate surface area is 204 Å². The Balaban J connectivity index is 1.41. The number of nitrogens with one attached hydrogen (secondary N) is 2. The maximum Gasteiger partial charge on any atom is 0.416 e. The number of hydrogen-bond donors (Lipinski definition) is 2. The molecule has 4 aromatic rings. The van der Waals surface area contributed by atoms with Crippen LogP contribution in [0.4, 0.5) is 13.2 Å². The number of nitrogens with zero attached hydrogens (tertiary/aromatic N) is 1. The third-order valence-electron chi connectivity index (χ3n) is 7.14. The molecule has 9 heteroatoms. The summed E-state index contributed by atoms with van der Waals surface area (Å²) in [6.45, 7) is 0.506. The third-order valence-corrected chi connectivity index (χ3v) is 7.38. The van der Waals surface area contributed by atoms with Gasteiger partial charge in [-0.15, -0.1) is 0 Å². The number of benzene rings is 2. The molecule has 5 nitrogen and oxygen atoms in total. The fourth-order valence-electron chi connectivity index (χ4n) is 5.42. The van der Waals surface area contributed by atoms with Gasteiger partial charge in [-0.3, -0.25) is 4.79 Å². The van der Waals surface area contributed by atoms with E-state index in [2.05, 4.69) is 9.97 Å². The van der Waals surface area contributed by atoms with E-state index in [4.69, 9.17) is 21.3 Å². The second-order valence-electron chi connectivity index (χ2n) is 9.30. The second kappa shape index (κ2) is 9.32. The number of ether oxygens (including phenoxy) is 1. The highest BCUT2D eigenvalue weighted by molar-refractivity contribution is 6.31. The zero-order valence-electron chi connectivity index (χ0n) is 19.1. The van der Waals surface area contributed by atoms with E-state index in [1.165, 1.54) is 12.1 Å². The first kappa shape index (κ1) is 23.9. The molecule has 0 amide bonds. The summed E-state index contributed by atoms with van der Waals surface area (Å²) in [6.07, 6.45) is -1.20. The summed E-state index contributed by atoms with van der Waals surface area (Å²) < 4.78 is 45.5. The summed E-state index contributed by atoms with van der Waals surface area (Å²) in [4.78, 5) is 23.1. The smallest absolute Gasteiger partial charge is 0.384 e. The molecule has 0 bridgehead atoms. The zero-order valence-corrected chi connectivity index (χ0v) is 19.8. The van der Waals surface area contributed by atoms with E-state index in [0.717, 1.165) is 54.7 Å². The van der Waals surface area contributed by atoms with Gasteiger partial charge in [-0.2, -0.15) is 13.2 Å². The van der Waals surface area contributed by atoms with Crippen molar-refractivity contribution in [3.63, 3.8) is 0 Å². The van der Waals surface area contributed by atoms with Crippen LogP contribution in [0.2, 0.25) is 5.02 Å². The lowest BCUT2D eigenvalue weighted by Gasteiger charge is -2.33. The second-order valence-corrected chi connectivity index (χ2v) is 9.74. The van der Waals surface area contributed by atoms with Crippen molar-refractivity contribution in [3.05, 3.63) is 74.8 Å². The molecule has 1 aliphatic carbocycles. The van der Waals surface area contributed by atoms with Gasteiger partial charge < -0.3 is 14.7 Å². The van der Waals surface area contributed by atoms with E-state index >= 15 is 0 Å². The molecule has 1 saturated carbocycles. The molecule has 5 rings (SSSR count). The number of rotatable bonds is 5. The molecule has 2 aromatic carbocycles. The van der Waals surface area contributed by atoms with Crippen LogP contribution in [0.5, 0.6) is 0 Å². The number of aromatic amines is 2. The van der Waals surface area contributed by atoms with Crippen LogP contribution < -0.4 is 5.56 Å². The van der Waals surface area contributed by atoms with Crippen LogP contribution in [0.1, 0.15) is 54.5 Å². The quantitative estimate of drug-likeness (QED) is 0.315. The SMILES string of the molecule is COCC(c1nc2ccc(Cl)cc2[nH]1)C1CCC(c2cc(=O)[nH]c3ccc(C(F)(F)F)cc23)CC1. The van der Waals surface area contributed by atoms with Crippen molar-refractivity contribution in [2.45, 2.75) is 43.7 Å². The number of hydrogen-bond acceptors (Lipinski definition) is 3. The van der Waals surface area contributed by atoms with Crippen molar-refractivity contribution in [2.24, 2.45) is 5.92 Å². The molecule has 1 unspecified atom stereocenters. The minimum absolute atomic E-state index is 0.0113. The molecule has 1 fully saturated rings. The molecular formula is C26H25ClF3N3O2. The van der Waals surface area contributed by atoms with Gasteiger partial charge in [0.25, 0.3) is 0 Å². The molecule has 1 aliphatic rings. The Bertz CT molecular complexity index is 1420. The number of imidazole rings is 1. The Morgan fingerprint density at radius 1 is 1.06 bits per heavy atom. The number of H-pyrrole nitrogens is 2. The van der Waals surface area contributed by atoms with Crippen LogP contribution in [-0.4, -0.2) is 28.7 Å². The van der Waals surface area contributed by atoms with E-state index in [9.17, 15) is 18.0 Å². The molecule has 2 aromatic heterocycles. The minimum atomic E-state index is -4.44. The van der Waals surface area contributed by atoms with E-state index in [0.29, 0.717) is 34.0 Å². The van der Waals surface area contributed by atoms with Gasteiger partial charge in [0.05, 0.1) is 23.2 Å². The van der Waals surface area contributed by atoms with E-state index in [1.807, 2.05) is 12.1 Å². The van der Waals surface area contributed by atoms with Gasteiger partial charge >= 0.3 is 6.18 Å². The lowest BCUT2D eigenvalue weighted by Crippen LogP contribution is -2.24. The lowest BCUT2D eigenvalue weighted by molar-refractivity contribution is -0.137. The molecule has 2 heterocycles. The number of halogens is 4. The summed E-state index contributed by atoms with van der Waals surface area (Å²) in [6, 6.07) is 10.5. The minimum Gasteiger partial charge on any atom is -0.384 e. The summed E-state index contributed by atoms with van der Waals surface area (Å²) in [5, 5.41) is 1.10. The van der Waals surface area contributed by atoms with Crippen molar-refractivity contribution in [1.29, 1.82) is 0 Å². The van der Waals surface area contributed by atoms with E-state index in [1.54, 1.807) is 13.2 Å². The molecule has 1 atom stereocenters. The Kier molecular flexibility index (Phi) is 6.36. The van der Waals surface area contributed by atoms with Gasteiger partial charge in [-0.25, -0.2) is 4.98 Å². The summed E-state index contributed by atoms with van der Waals surface area (Å²) in [5.74, 6) is 1.21. The van der Waals surface area contributed by atoms with Crippen LogP contribution >= 0.6 is 11.6 Å². The van der Waals surface area contributed by atoms with E-state index in [-0.39, 0.29) is 17.4 Å². The Hall–Kier alpha value is -2.84. The van der Waals surface area contributed by atoms with Gasteiger partial charge in [-0.1, -0.05) is 11.6 Å². The molecular weight excluding hydrogens is 479 g/mol. The maximum atomic E-state index is 13.3. The van der Waals surface area contributed by atoms with Crippen LogP contribution in [0.3, 0.4) is 0 Å². The van der Waals surface area contributed by atoms with Crippen molar-refractivity contribution in [3.8, 4) is 0 Å². The van der Waals surface area contributed by atoms with Gasteiger partial charge in [0.15, 0.2) is 0 Å². The Morgan fingerprint density at radius 3 is 2.54 bits per heavy atom. The topological polar surface area (TPSA) is 70.8 Å². The number of aromatic nitrogens is 3. The monoisotopic (exact) mass is 503 g/mol. The number of fused-ring (bicyclic) bond motifs is 2. The number of methoxy groups -OCH3 is 1. The molecule has 2 N–H and O–H groups in total. The third kappa shape index (κ3) is 4.82. The first-order valence-electron chi connectivity index (χ1n) is 11.6. The van der Waals surface area contributed by atoms with Crippen LogP contribution in [0.15, 0.2) is 47.3 Å². The van der Waals surface area contributed by atoms with E-state index < -0.39 is 11.7 Å². The summed E-state index contributed by atoms with van der Waals surface area (Å²) in [7, 11) is 1.67. The molecule has 0 radical (unpaired) electrons. The lowest BCUT2D eigenvalue weighted by atomic mass is 9.73. The number of alkyl halides is 3. The highest BCUT2D eigenvalue weighted by Crippen LogP contribution is 2.43. The molecule has 35 heavy (non-hydrogen) atoms. The Morgan fingerprint density at radius 2 is 1.83 bits per heavy atom. The van der Waals surface area contributed by atoms with Gasteiger partial charge in [0.2, 0.25) is 5.56 Å². The predicted molar refractivity (Wildman–Crippen MR) is 130 cm³/mol. The first-order valence-corrected chi connectivity index (χ1v) is 12.0. The largest absolute Gasteiger partial charge is 0.416 e. The van der Waals surface area contributed by atoms with Crippen LogP contribution in [0.25, 0.3) is 21.9 Å². The van der Waals surface area contributed by atoms with Gasteiger partial charge in [-0.05, 0) is 79.5 Å². The standard InChI is InChI=1S/C26H25ClF3N3O2/c1-35-13-20(25-32-22-9-7-17(27)11-23(22)33-25)15-4-2-14(3-5-15)18-12-24(34)31-21-8-6-16(10-19(18)21)26(28,29)30/h6-12,14-15,20H,2-5,13H2,1H3,(H,31,34)(H,32,33). The molecule has 184 valence electrons. The van der Waals surface area contributed by atoms with Gasteiger partial charge in [0.1, 0.15) is 5.82 Å². The normalized spacial score (nSPS) is 19.9. The number of pyridine rings is 1. The fraction of sp³-hybridized carbons (Fsp3) is 0.385. The van der Waals surface area contributed by atoms with Crippen molar-refractivity contribution >= 4 is 33.5 Å².